The maximum Gasteiger partial charge on any atom is 0.125 e. The van der Waals surface area contributed by atoms with Gasteiger partial charge in [-0.3, -0.25) is 0 Å². The first kappa shape index (κ1) is 12.4. The second kappa shape index (κ2) is 4.78. The van der Waals surface area contributed by atoms with E-state index >= 15 is 0 Å². The number of phenols is 1. The number of benzene rings is 3. The lowest BCUT2D eigenvalue weighted by atomic mass is 9.96. The first-order valence-corrected chi connectivity index (χ1v) is 6.35. The van der Waals surface area contributed by atoms with Crippen LogP contribution in [0.25, 0.3) is 21.9 Å². The van der Waals surface area contributed by atoms with Crippen LogP contribution in [0.5, 0.6) is 11.5 Å². The highest BCUT2D eigenvalue weighted by atomic mass is 16.5. The van der Waals surface area contributed by atoms with Crippen LogP contribution in [0.3, 0.4) is 0 Å². The number of nitrogens with two attached hydrogens (primary N) is 1. The van der Waals surface area contributed by atoms with Crippen LogP contribution in [0.4, 0.5) is 5.69 Å². The van der Waals surface area contributed by atoms with E-state index in [1.807, 2.05) is 36.4 Å². The Morgan fingerprint density at radius 1 is 1.00 bits per heavy atom. The molecule has 0 heterocycles. The highest BCUT2D eigenvalue weighted by Crippen LogP contribution is 2.40. The molecule has 0 bridgehead atoms. The Bertz CT molecular complexity index is 761. The molecule has 3 N–H and O–H groups in total. The quantitative estimate of drug-likeness (QED) is 0.693. The summed E-state index contributed by atoms with van der Waals surface area (Å²) in [5.41, 5.74) is 8.09. The molecule has 0 atom stereocenters. The summed E-state index contributed by atoms with van der Waals surface area (Å²) in [6, 6.07) is 17.0. The predicted molar refractivity (Wildman–Crippen MR) is 82.0 cm³/mol. The van der Waals surface area contributed by atoms with Crippen LogP contribution in [0.2, 0.25) is 0 Å². The van der Waals surface area contributed by atoms with Crippen LogP contribution in [0.1, 0.15) is 0 Å². The van der Waals surface area contributed by atoms with Gasteiger partial charge in [0, 0.05) is 11.3 Å². The molecule has 20 heavy (non-hydrogen) atoms. The number of ether oxygens (including phenoxy) is 1. The van der Waals surface area contributed by atoms with E-state index in [0.717, 1.165) is 22.1 Å². The zero-order chi connectivity index (χ0) is 14.1. The molecule has 0 fully saturated rings. The highest BCUT2D eigenvalue weighted by molar-refractivity contribution is 6.01. The van der Waals surface area contributed by atoms with Gasteiger partial charge in [-0.15, -0.1) is 0 Å². The fourth-order valence-corrected chi connectivity index (χ4v) is 2.46. The van der Waals surface area contributed by atoms with Crippen molar-refractivity contribution in [3.05, 3.63) is 54.6 Å². The zero-order valence-electron chi connectivity index (χ0n) is 11.1. The monoisotopic (exact) mass is 265 g/mol. The largest absolute Gasteiger partial charge is 0.507 e. The summed E-state index contributed by atoms with van der Waals surface area (Å²) >= 11 is 0. The van der Waals surface area contributed by atoms with E-state index in [9.17, 15) is 5.11 Å². The van der Waals surface area contributed by atoms with Crippen molar-refractivity contribution in [3.63, 3.8) is 0 Å². The Hall–Kier alpha value is -2.68. The Morgan fingerprint density at radius 2 is 1.80 bits per heavy atom. The molecule has 3 heteroatoms. The number of nitrogen functional groups attached to an aromatic ring is 1. The van der Waals surface area contributed by atoms with Gasteiger partial charge in [0.05, 0.1) is 7.11 Å². The summed E-state index contributed by atoms with van der Waals surface area (Å²) in [4.78, 5) is 0. The molecule has 100 valence electrons. The Balaban J connectivity index is 2.40. The van der Waals surface area contributed by atoms with Gasteiger partial charge in [0.2, 0.25) is 0 Å². The smallest absolute Gasteiger partial charge is 0.125 e. The number of methoxy groups -OCH3 is 1. The number of hydrogen-bond donors (Lipinski definition) is 2. The average Bonchev–Trinajstić information content (AvgIpc) is 2.46. The fourth-order valence-electron chi connectivity index (χ4n) is 2.46. The van der Waals surface area contributed by atoms with Gasteiger partial charge in [0.1, 0.15) is 11.5 Å². The lowest BCUT2D eigenvalue weighted by Gasteiger charge is -2.13. The fraction of sp³-hybridized carbons (Fsp3) is 0.0588. The van der Waals surface area contributed by atoms with E-state index in [1.54, 1.807) is 25.3 Å². The summed E-state index contributed by atoms with van der Waals surface area (Å²) in [7, 11) is 1.63. The number of phenolic OH excluding ortho intramolecular Hbond substituents is 1. The molecule has 0 spiro atoms. The van der Waals surface area contributed by atoms with E-state index in [-0.39, 0.29) is 5.75 Å². The van der Waals surface area contributed by atoms with Gasteiger partial charge >= 0.3 is 0 Å². The lowest BCUT2D eigenvalue weighted by molar-refractivity contribution is 0.415. The predicted octanol–water partition coefficient (Wildman–Crippen LogP) is 3.80. The van der Waals surface area contributed by atoms with E-state index in [0.29, 0.717) is 11.3 Å². The zero-order valence-corrected chi connectivity index (χ0v) is 11.1. The third-order valence-corrected chi connectivity index (χ3v) is 3.42. The van der Waals surface area contributed by atoms with Gasteiger partial charge in [-0.25, -0.2) is 0 Å². The number of hydrogen-bond acceptors (Lipinski definition) is 3. The molecule has 0 radical (unpaired) electrons. The Labute approximate surface area is 117 Å². The molecular formula is C17H15NO2. The Kier molecular flexibility index (Phi) is 2.95. The van der Waals surface area contributed by atoms with Crippen molar-refractivity contribution in [2.45, 2.75) is 0 Å². The maximum atomic E-state index is 10.1. The van der Waals surface area contributed by atoms with E-state index in [1.165, 1.54) is 0 Å². The molecule has 3 aromatic rings. The summed E-state index contributed by atoms with van der Waals surface area (Å²) in [6.07, 6.45) is 0. The van der Waals surface area contributed by atoms with Crippen LogP contribution >= 0.6 is 0 Å². The molecule has 0 unspecified atom stereocenters. The first-order valence-electron chi connectivity index (χ1n) is 6.35. The molecule has 0 aromatic heterocycles. The molecule has 3 nitrogen and oxygen atoms in total. The molecule has 0 saturated heterocycles. The molecule has 0 amide bonds. The summed E-state index contributed by atoms with van der Waals surface area (Å²) in [6.45, 7) is 0. The summed E-state index contributed by atoms with van der Waals surface area (Å²) in [5, 5.41) is 12.2. The van der Waals surface area contributed by atoms with E-state index in [4.69, 9.17) is 10.5 Å². The second-order valence-electron chi connectivity index (χ2n) is 4.64. The average molecular weight is 265 g/mol. The Morgan fingerprint density at radius 3 is 2.55 bits per heavy atom. The molecule has 0 aliphatic rings. The summed E-state index contributed by atoms with van der Waals surface area (Å²) in [5.74, 6) is 0.907. The van der Waals surface area contributed by atoms with Crippen LogP contribution < -0.4 is 10.5 Å². The number of anilines is 1. The lowest BCUT2D eigenvalue weighted by Crippen LogP contribution is -1.92. The first-order chi connectivity index (χ1) is 9.70. The number of fused-ring (bicyclic) bond motifs is 1. The van der Waals surface area contributed by atoms with Crippen molar-refractivity contribution >= 4 is 16.5 Å². The number of aromatic hydroxyl groups is 1. The molecule has 0 aliphatic heterocycles. The van der Waals surface area contributed by atoms with Crippen molar-refractivity contribution in [2.24, 2.45) is 0 Å². The van der Waals surface area contributed by atoms with Gasteiger partial charge in [0.25, 0.3) is 0 Å². The van der Waals surface area contributed by atoms with Gasteiger partial charge in [-0.05, 0) is 40.6 Å². The van der Waals surface area contributed by atoms with Crippen molar-refractivity contribution in [3.8, 4) is 22.6 Å². The van der Waals surface area contributed by atoms with Crippen molar-refractivity contribution in [1.82, 2.24) is 0 Å². The summed E-state index contributed by atoms with van der Waals surface area (Å²) < 4.78 is 5.34. The minimum atomic E-state index is 0.170. The van der Waals surface area contributed by atoms with Crippen LogP contribution in [0.15, 0.2) is 54.6 Å². The van der Waals surface area contributed by atoms with E-state index < -0.39 is 0 Å². The standard InChI is InChI=1S/C17H15NO2/c1-20-12-9-11-5-2-3-6-13(11)14(10-12)17-15(18)7-4-8-16(17)19/h2-10,19H,18H2,1H3. The van der Waals surface area contributed by atoms with Gasteiger partial charge in [-0.1, -0.05) is 30.3 Å². The molecule has 3 aromatic carbocycles. The van der Waals surface area contributed by atoms with Crippen LogP contribution in [-0.2, 0) is 0 Å². The van der Waals surface area contributed by atoms with Crippen LogP contribution in [0, 0.1) is 0 Å². The highest BCUT2D eigenvalue weighted by Gasteiger charge is 2.13. The molecular weight excluding hydrogens is 250 g/mol. The van der Waals surface area contributed by atoms with Crippen molar-refractivity contribution in [2.75, 3.05) is 12.8 Å². The maximum absolute atomic E-state index is 10.1. The third kappa shape index (κ3) is 1.93. The van der Waals surface area contributed by atoms with E-state index in [2.05, 4.69) is 0 Å². The molecule has 0 aliphatic carbocycles. The number of rotatable bonds is 2. The minimum Gasteiger partial charge on any atom is -0.507 e. The normalized spacial score (nSPS) is 10.7. The third-order valence-electron chi connectivity index (χ3n) is 3.42. The topological polar surface area (TPSA) is 55.5 Å². The SMILES string of the molecule is COc1cc(-c2c(N)cccc2O)c2ccccc2c1. The molecule has 3 rings (SSSR count). The van der Waals surface area contributed by atoms with Crippen molar-refractivity contribution < 1.29 is 9.84 Å². The minimum absolute atomic E-state index is 0.170. The van der Waals surface area contributed by atoms with Gasteiger partial charge in [0.15, 0.2) is 0 Å². The van der Waals surface area contributed by atoms with Gasteiger partial charge < -0.3 is 15.6 Å². The van der Waals surface area contributed by atoms with Crippen molar-refractivity contribution in [1.29, 1.82) is 0 Å². The molecule has 0 saturated carbocycles. The second-order valence-corrected chi connectivity index (χ2v) is 4.64. The van der Waals surface area contributed by atoms with Crippen LogP contribution in [-0.4, -0.2) is 12.2 Å². The van der Waals surface area contributed by atoms with Gasteiger partial charge in [-0.2, -0.15) is 0 Å².